The van der Waals surface area contributed by atoms with Crippen molar-refractivity contribution < 1.29 is 4.79 Å². The number of aromatic nitrogens is 2. The predicted octanol–water partition coefficient (Wildman–Crippen LogP) is 2.46. The SMILES string of the molecule is CSc1ccc(CN(C)C(=O)CCn2c(=O)[nH]c(=O)c3ccccc32)cc1. The van der Waals surface area contributed by atoms with E-state index in [9.17, 15) is 14.4 Å². The molecule has 0 saturated carbocycles. The summed E-state index contributed by atoms with van der Waals surface area (Å²) in [5, 5.41) is 0.437. The predicted molar refractivity (Wildman–Crippen MR) is 108 cm³/mol. The summed E-state index contributed by atoms with van der Waals surface area (Å²) in [7, 11) is 1.75. The number of thioether (sulfide) groups is 1. The average molecular weight is 383 g/mol. The van der Waals surface area contributed by atoms with Gasteiger partial charge in [-0.05, 0) is 36.1 Å². The summed E-state index contributed by atoms with van der Waals surface area (Å²) >= 11 is 1.67. The normalized spacial score (nSPS) is 10.9. The van der Waals surface area contributed by atoms with Gasteiger partial charge in [-0.3, -0.25) is 19.1 Å². The molecular weight excluding hydrogens is 362 g/mol. The number of benzene rings is 2. The van der Waals surface area contributed by atoms with E-state index in [1.165, 1.54) is 9.46 Å². The third-order valence-corrected chi connectivity index (χ3v) is 5.20. The number of fused-ring (bicyclic) bond motifs is 1. The zero-order valence-electron chi connectivity index (χ0n) is 15.3. The number of amides is 1. The summed E-state index contributed by atoms with van der Waals surface area (Å²) in [6, 6.07) is 15.0. The number of H-pyrrole nitrogens is 1. The minimum atomic E-state index is -0.498. The fourth-order valence-electron chi connectivity index (χ4n) is 2.96. The summed E-state index contributed by atoms with van der Waals surface area (Å²) in [5.74, 6) is -0.0638. The van der Waals surface area contributed by atoms with Crippen molar-refractivity contribution in [1.82, 2.24) is 14.5 Å². The van der Waals surface area contributed by atoms with Gasteiger partial charge >= 0.3 is 5.69 Å². The molecule has 0 aliphatic carbocycles. The Morgan fingerprint density at radius 3 is 2.52 bits per heavy atom. The molecule has 27 heavy (non-hydrogen) atoms. The minimum absolute atomic E-state index is 0.0638. The molecule has 0 radical (unpaired) electrons. The highest BCUT2D eigenvalue weighted by molar-refractivity contribution is 7.98. The van der Waals surface area contributed by atoms with Crippen LogP contribution in [0.1, 0.15) is 12.0 Å². The van der Waals surface area contributed by atoms with Gasteiger partial charge in [0.1, 0.15) is 0 Å². The Morgan fingerprint density at radius 1 is 1.11 bits per heavy atom. The molecule has 6 nitrogen and oxygen atoms in total. The number of para-hydroxylation sites is 1. The topological polar surface area (TPSA) is 75.2 Å². The van der Waals surface area contributed by atoms with Gasteiger partial charge in [-0.15, -0.1) is 11.8 Å². The molecule has 0 fully saturated rings. The average Bonchev–Trinajstić information content (AvgIpc) is 2.68. The third kappa shape index (κ3) is 4.31. The Hall–Kier alpha value is -2.80. The number of nitrogens with one attached hydrogen (secondary N) is 1. The van der Waals surface area contributed by atoms with Crippen LogP contribution in [0.4, 0.5) is 0 Å². The van der Waals surface area contributed by atoms with Crippen LogP contribution in [0.3, 0.4) is 0 Å². The summed E-state index contributed by atoms with van der Waals surface area (Å²) in [5.41, 5.74) is 0.676. The molecule has 140 valence electrons. The zero-order valence-corrected chi connectivity index (χ0v) is 16.1. The second kappa shape index (κ2) is 8.26. The maximum atomic E-state index is 12.5. The second-order valence-corrected chi connectivity index (χ2v) is 7.16. The summed E-state index contributed by atoms with van der Waals surface area (Å²) in [6.07, 6.45) is 2.20. The molecule has 0 bridgehead atoms. The molecule has 3 aromatic rings. The largest absolute Gasteiger partial charge is 0.341 e. The van der Waals surface area contributed by atoms with Crippen LogP contribution in [-0.2, 0) is 17.9 Å². The first-order valence-electron chi connectivity index (χ1n) is 8.58. The second-order valence-electron chi connectivity index (χ2n) is 6.28. The first-order valence-corrected chi connectivity index (χ1v) is 9.81. The van der Waals surface area contributed by atoms with Crippen molar-refractivity contribution >= 4 is 28.6 Å². The number of hydrogen-bond donors (Lipinski definition) is 1. The van der Waals surface area contributed by atoms with Gasteiger partial charge < -0.3 is 4.90 Å². The highest BCUT2D eigenvalue weighted by atomic mass is 32.2. The molecule has 3 rings (SSSR count). The molecule has 1 amide bonds. The molecule has 7 heteroatoms. The number of carbonyl (C=O) groups is 1. The van der Waals surface area contributed by atoms with Gasteiger partial charge in [0.25, 0.3) is 5.56 Å². The van der Waals surface area contributed by atoms with E-state index in [1.807, 2.05) is 30.5 Å². The Labute approximate surface area is 160 Å². The van der Waals surface area contributed by atoms with Crippen LogP contribution in [0, 0.1) is 0 Å². The number of hydrogen-bond acceptors (Lipinski definition) is 4. The fraction of sp³-hybridized carbons (Fsp3) is 0.250. The van der Waals surface area contributed by atoms with Crippen molar-refractivity contribution in [3.8, 4) is 0 Å². The minimum Gasteiger partial charge on any atom is -0.341 e. The van der Waals surface area contributed by atoms with Gasteiger partial charge in [0.15, 0.2) is 0 Å². The quantitative estimate of drug-likeness (QED) is 0.664. The molecule has 0 aliphatic heterocycles. The van der Waals surface area contributed by atoms with Crippen molar-refractivity contribution in [2.75, 3.05) is 13.3 Å². The van der Waals surface area contributed by atoms with Crippen LogP contribution in [-0.4, -0.2) is 33.7 Å². The fourth-order valence-corrected chi connectivity index (χ4v) is 3.36. The van der Waals surface area contributed by atoms with E-state index in [2.05, 4.69) is 4.98 Å². The zero-order chi connectivity index (χ0) is 19.4. The Kier molecular flexibility index (Phi) is 5.81. The van der Waals surface area contributed by atoms with E-state index in [4.69, 9.17) is 0 Å². The Bertz CT molecular complexity index is 1070. The van der Waals surface area contributed by atoms with Crippen LogP contribution in [0.5, 0.6) is 0 Å². The van der Waals surface area contributed by atoms with Crippen LogP contribution < -0.4 is 11.2 Å². The molecular formula is C20H21N3O3S. The maximum Gasteiger partial charge on any atom is 0.328 e. The van der Waals surface area contributed by atoms with Crippen LogP contribution in [0.2, 0.25) is 0 Å². The molecule has 0 spiro atoms. The molecule has 0 saturated heterocycles. The molecule has 0 aliphatic rings. The molecule has 2 aromatic carbocycles. The van der Waals surface area contributed by atoms with E-state index in [1.54, 1.807) is 48.0 Å². The third-order valence-electron chi connectivity index (χ3n) is 4.46. The summed E-state index contributed by atoms with van der Waals surface area (Å²) in [6.45, 7) is 0.722. The van der Waals surface area contributed by atoms with Gasteiger partial charge in [-0.1, -0.05) is 24.3 Å². The first-order chi connectivity index (χ1) is 13.0. The maximum absolute atomic E-state index is 12.5. The van der Waals surface area contributed by atoms with Gasteiger partial charge in [-0.2, -0.15) is 0 Å². The highest BCUT2D eigenvalue weighted by Gasteiger charge is 2.12. The molecule has 1 aromatic heterocycles. The number of rotatable bonds is 6. The lowest BCUT2D eigenvalue weighted by atomic mass is 10.2. The number of aryl methyl sites for hydroxylation is 1. The smallest absolute Gasteiger partial charge is 0.328 e. The van der Waals surface area contributed by atoms with E-state index in [0.29, 0.717) is 17.4 Å². The van der Waals surface area contributed by atoms with Crippen LogP contribution in [0.15, 0.2) is 63.0 Å². The number of carbonyl (C=O) groups excluding carboxylic acids is 1. The molecule has 0 unspecified atom stereocenters. The van der Waals surface area contributed by atoms with Gasteiger partial charge in [-0.25, -0.2) is 4.79 Å². The van der Waals surface area contributed by atoms with E-state index >= 15 is 0 Å². The highest BCUT2D eigenvalue weighted by Crippen LogP contribution is 2.16. The lowest BCUT2D eigenvalue weighted by Gasteiger charge is -2.18. The Morgan fingerprint density at radius 2 is 1.81 bits per heavy atom. The first kappa shape index (κ1) is 19.0. The van der Waals surface area contributed by atoms with Crippen molar-refractivity contribution in [3.63, 3.8) is 0 Å². The summed E-state index contributed by atoms with van der Waals surface area (Å²) in [4.78, 5) is 41.7. The van der Waals surface area contributed by atoms with Gasteiger partial charge in [0, 0.05) is 31.5 Å². The van der Waals surface area contributed by atoms with E-state index in [-0.39, 0.29) is 18.9 Å². The molecule has 1 heterocycles. The van der Waals surface area contributed by atoms with Crippen molar-refractivity contribution in [1.29, 1.82) is 0 Å². The lowest BCUT2D eigenvalue weighted by Crippen LogP contribution is -2.33. The number of aromatic amines is 1. The number of nitrogens with zero attached hydrogens (tertiary/aromatic N) is 2. The lowest BCUT2D eigenvalue weighted by molar-refractivity contribution is -0.130. The van der Waals surface area contributed by atoms with Gasteiger partial charge in [0.2, 0.25) is 5.91 Å². The monoisotopic (exact) mass is 383 g/mol. The Balaban J connectivity index is 1.71. The van der Waals surface area contributed by atoms with Crippen LogP contribution in [0.25, 0.3) is 10.9 Å². The molecule has 1 N–H and O–H groups in total. The van der Waals surface area contributed by atoms with Crippen molar-refractivity contribution in [2.24, 2.45) is 0 Å². The van der Waals surface area contributed by atoms with E-state index in [0.717, 1.165) is 5.56 Å². The summed E-state index contributed by atoms with van der Waals surface area (Å²) < 4.78 is 1.44. The molecule has 0 atom stereocenters. The van der Waals surface area contributed by atoms with E-state index < -0.39 is 11.2 Å². The van der Waals surface area contributed by atoms with Crippen molar-refractivity contribution in [2.45, 2.75) is 24.4 Å². The van der Waals surface area contributed by atoms with Crippen LogP contribution >= 0.6 is 11.8 Å². The standard InChI is InChI=1S/C20H21N3O3S/c1-22(13-14-7-9-15(27-2)10-8-14)18(24)11-12-23-17-6-4-3-5-16(17)19(25)21-20(23)26/h3-10H,11-13H2,1-2H3,(H,21,25,26). The van der Waals surface area contributed by atoms with Gasteiger partial charge in [0.05, 0.1) is 10.9 Å². The van der Waals surface area contributed by atoms with Crippen molar-refractivity contribution in [3.05, 3.63) is 74.9 Å².